The van der Waals surface area contributed by atoms with Gasteiger partial charge in [0, 0.05) is 22.3 Å². The van der Waals surface area contributed by atoms with Gasteiger partial charge in [-0.1, -0.05) is 29.8 Å². The summed E-state index contributed by atoms with van der Waals surface area (Å²) in [5.41, 5.74) is 0.496. The molecule has 1 amide bonds. The summed E-state index contributed by atoms with van der Waals surface area (Å²) in [4.78, 5) is 30.9. The number of nitrogens with zero attached hydrogens (tertiary/aromatic N) is 2. The fourth-order valence-electron chi connectivity index (χ4n) is 3.35. The Kier molecular flexibility index (Phi) is 4.86. The number of carbonyl (C=O) groups excluding carboxylic acids is 2. The van der Waals surface area contributed by atoms with Crippen LogP contribution < -0.4 is 4.90 Å². The van der Waals surface area contributed by atoms with Crippen molar-refractivity contribution >= 4 is 34.7 Å². The first-order valence-corrected chi connectivity index (χ1v) is 9.08. The van der Waals surface area contributed by atoms with Crippen LogP contribution in [-0.2, 0) is 9.59 Å². The summed E-state index contributed by atoms with van der Waals surface area (Å²) < 4.78 is 14.7. The van der Waals surface area contributed by atoms with E-state index >= 15 is 0 Å². The van der Waals surface area contributed by atoms with Gasteiger partial charge in [0.1, 0.15) is 11.6 Å². The number of aliphatic hydroxyl groups excluding tert-OH is 1. The lowest BCUT2D eigenvalue weighted by atomic mass is 9.95. The minimum Gasteiger partial charge on any atom is -0.507 e. The Labute approximate surface area is 170 Å². The molecule has 2 heterocycles. The van der Waals surface area contributed by atoms with E-state index in [0.29, 0.717) is 16.3 Å². The molecule has 1 saturated heterocycles. The van der Waals surface area contributed by atoms with Gasteiger partial charge in [0.25, 0.3) is 11.7 Å². The fourth-order valence-corrected chi connectivity index (χ4v) is 3.48. The largest absolute Gasteiger partial charge is 0.507 e. The van der Waals surface area contributed by atoms with E-state index < -0.39 is 29.3 Å². The van der Waals surface area contributed by atoms with E-state index in [0.717, 1.165) is 4.90 Å². The summed E-state index contributed by atoms with van der Waals surface area (Å²) in [6, 6.07) is 14.0. The normalized spacial score (nSPS) is 18.3. The molecule has 29 heavy (non-hydrogen) atoms. The van der Waals surface area contributed by atoms with Crippen LogP contribution in [0.15, 0.2) is 78.6 Å². The minimum atomic E-state index is -1.14. The second-order valence-electron chi connectivity index (χ2n) is 6.41. The Balaban J connectivity index is 1.97. The maximum atomic E-state index is 14.7. The summed E-state index contributed by atoms with van der Waals surface area (Å²) in [6.07, 6.45) is 2.92. The van der Waals surface area contributed by atoms with Gasteiger partial charge in [-0.25, -0.2) is 4.39 Å². The van der Waals surface area contributed by atoms with Crippen molar-refractivity contribution in [1.82, 2.24) is 4.98 Å². The number of ketones is 1. The number of rotatable bonds is 3. The molecule has 0 spiro atoms. The van der Waals surface area contributed by atoms with Gasteiger partial charge >= 0.3 is 0 Å². The summed E-state index contributed by atoms with van der Waals surface area (Å²) in [7, 11) is 0. The highest BCUT2D eigenvalue weighted by atomic mass is 35.5. The van der Waals surface area contributed by atoms with Crippen molar-refractivity contribution in [3.8, 4) is 0 Å². The molecule has 0 aliphatic carbocycles. The highest BCUT2D eigenvalue weighted by molar-refractivity contribution is 6.51. The number of carbonyl (C=O) groups is 2. The lowest BCUT2D eigenvalue weighted by Gasteiger charge is -2.25. The van der Waals surface area contributed by atoms with Crippen molar-refractivity contribution in [2.75, 3.05) is 4.90 Å². The zero-order valence-corrected chi connectivity index (χ0v) is 15.7. The van der Waals surface area contributed by atoms with E-state index in [1.54, 1.807) is 30.3 Å². The third-order valence-electron chi connectivity index (χ3n) is 4.69. The molecule has 0 bridgehead atoms. The molecule has 1 unspecified atom stereocenters. The van der Waals surface area contributed by atoms with Crippen LogP contribution in [0.5, 0.6) is 0 Å². The maximum Gasteiger partial charge on any atom is 0.300 e. The van der Waals surface area contributed by atoms with Gasteiger partial charge in [0.2, 0.25) is 0 Å². The summed E-state index contributed by atoms with van der Waals surface area (Å²) in [5.74, 6) is -2.79. The van der Waals surface area contributed by atoms with Gasteiger partial charge in [-0.05, 0) is 42.5 Å². The molecule has 1 aromatic heterocycles. The second kappa shape index (κ2) is 7.48. The Morgan fingerprint density at radius 3 is 2.41 bits per heavy atom. The van der Waals surface area contributed by atoms with Crippen molar-refractivity contribution < 1.29 is 19.1 Å². The average molecular weight is 409 g/mol. The van der Waals surface area contributed by atoms with Gasteiger partial charge in [-0.3, -0.25) is 19.5 Å². The molecule has 2 aromatic carbocycles. The van der Waals surface area contributed by atoms with Gasteiger partial charge in [-0.2, -0.15) is 0 Å². The first-order chi connectivity index (χ1) is 14.0. The molecule has 144 valence electrons. The van der Waals surface area contributed by atoms with E-state index in [9.17, 15) is 19.1 Å². The summed E-state index contributed by atoms with van der Waals surface area (Å²) in [6.45, 7) is 0. The number of halogens is 2. The third kappa shape index (κ3) is 3.28. The molecule has 3 aromatic rings. The Bertz CT molecular complexity index is 1130. The summed E-state index contributed by atoms with van der Waals surface area (Å²) in [5, 5.41) is 11.3. The number of amides is 1. The van der Waals surface area contributed by atoms with Crippen LogP contribution in [0.3, 0.4) is 0 Å². The number of benzene rings is 2. The van der Waals surface area contributed by atoms with Gasteiger partial charge in [0.15, 0.2) is 0 Å². The average Bonchev–Trinajstić information content (AvgIpc) is 3.00. The predicted octanol–water partition coefficient (Wildman–Crippen LogP) is 4.50. The number of hydrogen-bond donors (Lipinski definition) is 1. The smallest absolute Gasteiger partial charge is 0.300 e. The Hall–Kier alpha value is -3.51. The maximum absolute atomic E-state index is 14.7. The molecule has 7 heteroatoms. The van der Waals surface area contributed by atoms with E-state index in [1.165, 1.54) is 42.7 Å². The monoisotopic (exact) mass is 408 g/mol. The Morgan fingerprint density at radius 1 is 1.03 bits per heavy atom. The predicted molar refractivity (Wildman–Crippen MR) is 107 cm³/mol. The van der Waals surface area contributed by atoms with Gasteiger partial charge in [-0.15, -0.1) is 0 Å². The lowest BCUT2D eigenvalue weighted by molar-refractivity contribution is -0.132. The number of aromatic nitrogens is 1. The molecule has 1 aliphatic rings. The van der Waals surface area contributed by atoms with Crippen LogP contribution in [0.2, 0.25) is 5.02 Å². The van der Waals surface area contributed by atoms with Crippen molar-refractivity contribution in [2.24, 2.45) is 0 Å². The highest BCUT2D eigenvalue weighted by Crippen LogP contribution is 2.42. The summed E-state index contributed by atoms with van der Waals surface area (Å²) >= 11 is 5.89. The molecular formula is C22H14ClFN2O3. The van der Waals surface area contributed by atoms with Gasteiger partial charge in [0.05, 0.1) is 23.5 Å². The number of aliphatic hydroxyl groups is 1. The van der Waals surface area contributed by atoms with Crippen LogP contribution in [0.4, 0.5) is 10.1 Å². The van der Waals surface area contributed by atoms with E-state index in [1.807, 2.05) is 0 Å². The lowest BCUT2D eigenvalue weighted by Crippen LogP contribution is -2.29. The number of anilines is 1. The van der Waals surface area contributed by atoms with E-state index in [4.69, 9.17) is 11.6 Å². The molecule has 1 atom stereocenters. The van der Waals surface area contributed by atoms with Crippen LogP contribution in [0.25, 0.3) is 5.76 Å². The zero-order chi connectivity index (χ0) is 20.5. The third-order valence-corrected chi connectivity index (χ3v) is 4.94. The molecule has 0 saturated carbocycles. The highest BCUT2D eigenvalue weighted by Gasteiger charge is 2.47. The topological polar surface area (TPSA) is 70.5 Å². The van der Waals surface area contributed by atoms with Crippen molar-refractivity contribution in [2.45, 2.75) is 6.04 Å². The van der Waals surface area contributed by atoms with E-state index in [-0.39, 0.29) is 11.1 Å². The van der Waals surface area contributed by atoms with Crippen molar-refractivity contribution in [1.29, 1.82) is 0 Å². The molecular weight excluding hydrogens is 395 g/mol. The van der Waals surface area contributed by atoms with Crippen LogP contribution in [-0.4, -0.2) is 21.8 Å². The SMILES string of the molecule is O=C1C(=O)N(c2cccnc2)C(c2ccccc2F)/C1=C(/O)c1ccc(Cl)cc1. The number of pyridine rings is 1. The molecule has 1 fully saturated rings. The first-order valence-electron chi connectivity index (χ1n) is 8.70. The minimum absolute atomic E-state index is 0.0890. The number of Topliss-reactive ketones (excluding diaryl/α,β-unsaturated/α-hetero) is 1. The van der Waals surface area contributed by atoms with Gasteiger partial charge < -0.3 is 5.11 Å². The molecule has 4 rings (SSSR count). The van der Waals surface area contributed by atoms with E-state index in [2.05, 4.69) is 4.98 Å². The van der Waals surface area contributed by atoms with Crippen LogP contribution >= 0.6 is 11.6 Å². The Morgan fingerprint density at radius 2 is 1.76 bits per heavy atom. The fraction of sp³-hybridized carbons (Fsp3) is 0.0455. The number of hydrogen-bond acceptors (Lipinski definition) is 4. The molecule has 0 radical (unpaired) electrons. The van der Waals surface area contributed by atoms with Crippen molar-refractivity contribution in [3.63, 3.8) is 0 Å². The molecule has 1 aliphatic heterocycles. The second-order valence-corrected chi connectivity index (χ2v) is 6.85. The van der Waals surface area contributed by atoms with Crippen LogP contribution in [0.1, 0.15) is 17.2 Å². The molecule has 5 nitrogen and oxygen atoms in total. The standard InChI is InChI=1S/C22H14ClFN2O3/c23-14-9-7-13(8-10-14)20(27)18-19(16-5-1-2-6-17(16)24)26(22(29)21(18)28)15-4-3-11-25-12-15/h1-12,19,27H/b20-18-. The van der Waals surface area contributed by atoms with Crippen molar-refractivity contribution in [3.05, 3.63) is 101 Å². The zero-order valence-electron chi connectivity index (χ0n) is 14.9. The van der Waals surface area contributed by atoms with Crippen LogP contribution in [0, 0.1) is 5.82 Å². The molecule has 1 N–H and O–H groups in total. The first kappa shape index (κ1) is 18.8. The quantitative estimate of drug-likeness (QED) is 0.393.